The van der Waals surface area contributed by atoms with E-state index in [2.05, 4.69) is 6.58 Å². The first-order valence-corrected chi connectivity index (χ1v) is 9.48. The highest BCUT2D eigenvalue weighted by molar-refractivity contribution is 5.98. The van der Waals surface area contributed by atoms with Gasteiger partial charge >= 0.3 is 6.09 Å². The molecule has 0 saturated carbocycles. The Labute approximate surface area is 165 Å². The van der Waals surface area contributed by atoms with Gasteiger partial charge in [-0.25, -0.2) is 4.79 Å². The molecule has 0 unspecified atom stereocenters. The molecule has 1 fully saturated rings. The number of hydrogen-bond acceptors (Lipinski definition) is 4. The van der Waals surface area contributed by atoms with E-state index in [1.807, 2.05) is 45.0 Å². The lowest BCUT2D eigenvalue weighted by atomic mass is 9.97. The molecule has 0 atom stereocenters. The number of rotatable bonds is 2. The molecule has 0 radical (unpaired) electrons. The van der Waals surface area contributed by atoms with Gasteiger partial charge in [0, 0.05) is 31.9 Å². The Morgan fingerprint density at radius 2 is 1.79 bits per heavy atom. The highest BCUT2D eigenvalue weighted by Crippen LogP contribution is 2.29. The molecule has 0 aliphatic carbocycles. The number of amides is 3. The van der Waals surface area contributed by atoms with Crippen LogP contribution in [0.2, 0.25) is 0 Å². The fraction of sp³-hybridized carbons (Fsp3) is 0.476. The normalized spacial score (nSPS) is 17.3. The molecule has 0 spiro atoms. The van der Waals surface area contributed by atoms with Crippen molar-refractivity contribution in [2.75, 3.05) is 31.1 Å². The molecule has 0 bridgehead atoms. The second-order valence-corrected chi connectivity index (χ2v) is 8.16. The van der Waals surface area contributed by atoms with Crippen LogP contribution in [0.15, 0.2) is 36.9 Å². The highest BCUT2D eigenvalue weighted by atomic mass is 16.6. The van der Waals surface area contributed by atoms with E-state index in [0.29, 0.717) is 32.7 Å². The molecular formula is C21H27N3O4. The topological polar surface area (TPSA) is 70.2 Å². The Kier molecular flexibility index (Phi) is 5.45. The van der Waals surface area contributed by atoms with Gasteiger partial charge in [0.2, 0.25) is 11.8 Å². The van der Waals surface area contributed by atoms with Crippen LogP contribution in [0.1, 0.15) is 26.3 Å². The summed E-state index contributed by atoms with van der Waals surface area (Å²) in [5.41, 5.74) is 1.13. The molecule has 150 valence electrons. The smallest absolute Gasteiger partial charge is 0.410 e. The van der Waals surface area contributed by atoms with Gasteiger partial charge < -0.3 is 19.4 Å². The van der Waals surface area contributed by atoms with Crippen molar-refractivity contribution >= 4 is 23.6 Å². The Morgan fingerprint density at radius 3 is 2.43 bits per heavy atom. The van der Waals surface area contributed by atoms with Crippen LogP contribution in [0.5, 0.6) is 0 Å². The van der Waals surface area contributed by atoms with E-state index < -0.39 is 5.60 Å². The molecule has 2 aliphatic rings. The zero-order chi connectivity index (χ0) is 20.5. The van der Waals surface area contributed by atoms with E-state index in [9.17, 15) is 14.4 Å². The van der Waals surface area contributed by atoms with Crippen LogP contribution >= 0.6 is 0 Å². The summed E-state index contributed by atoms with van der Waals surface area (Å²) in [5, 5.41) is 0. The summed E-state index contributed by atoms with van der Waals surface area (Å²) in [6.07, 6.45) is 0.878. The number of benzene rings is 1. The third kappa shape index (κ3) is 4.18. The number of nitrogens with zero attached hydrogens (tertiary/aromatic N) is 3. The molecule has 7 nitrogen and oxygen atoms in total. The van der Waals surface area contributed by atoms with E-state index in [-0.39, 0.29) is 23.8 Å². The number of hydrogen-bond donors (Lipinski definition) is 0. The van der Waals surface area contributed by atoms with Crippen molar-refractivity contribution in [3.05, 3.63) is 42.5 Å². The van der Waals surface area contributed by atoms with Crippen LogP contribution in [0.3, 0.4) is 0 Å². The Bertz CT molecular complexity index is 793. The van der Waals surface area contributed by atoms with Crippen LogP contribution < -0.4 is 4.90 Å². The van der Waals surface area contributed by atoms with Crippen molar-refractivity contribution in [3.8, 4) is 0 Å². The minimum absolute atomic E-state index is 0.0217. The summed E-state index contributed by atoms with van der Waals surface area (Å²) in [6.45, 7) is 10.9. The number of fused-ring (bicyclic) bond motifs is 1. The van der Waals surface area contributed by atoms with Crippen LogP contribution in [0, 0.1) is 5.92 Å². The molecule has 1 saturated heterocycles. The van der Waals surface area contributed by atoms with Crippen LogP contribution in [-0.2, 0) is 20.9 Å². The third-order valence-corrected chi connectivity index (χ3v) is 4.87. The van der Waals surface area contributed by atoms with Crippen molar-refractivity contribution in [3.63, 3.8) is 0 Å². The van der Waals surface area contributed by atoms with Crippen molar-refractivity contribution < 1.29 is 19.1 Å². The molecule has 3 rings (SSSR count). The summed E-state index contributed by atoms with van der Waals surface area (Å²) in [5.74, 6) is -0.409. The average molecular weight is 385 g/mol. The molecule has 2 heterocycles. The molecule has 1 aromatic rings. The van der Waals surface area contributed by atoms with E-state index in [4.69, 9.17) is 4.74 Å². The van der Waals surface area contributed by atoms with E-state index in [1.165, 1.54) is 6.08 Å². The maximum atomic E-state index is 13.1. The molecule has 0 aromatic heterocycles. The second kappa shape index (κ2) is 7.66. The fourth-order valence-corrected chi connectivity index (χ4v) is 3.41. The molecule has 0 N–H and O–H groups in total. The largest absolute Gasteiger partial charge is 0.444 e. The first-order chi connectivity index (χ1) is 13.2. The number of ether oxygens (including phenoxy) is 1. The molecule has 28 heavy (non-hydrogen) atoms. The minimum Gasteiger partial charge on any atom is -0.444 e. The summed E-state index contributed by atoms with van der Waals surface area (Å²) >= 11 is 0. The number of para-hydroxylation sites is 1. The summed E-state index contributed by atoms with van der Waals surface area (Å²) < 4.78 is 5.51. The van der Waals surface area contributed by atoms with Gasteiger partial charge in [-0.2, -0.15) is 0 Å². The van der Waals surface area contributed by atoms with Crippen LogP contribution in [0.4, 0.5) is 10.5 Å². The van der Waals surface area contributed by atoms with Gasteiger partial charge in [-0.05, 0) is 38.5 Å². The molecule has 2 aliphatic heterocycles. The number of carbonyl (C=O) groups is 3. The van der Waals surface area contributed by atoms with Gasteiger partial charge in [-0.1, -0.05) is 24.8 Å². The first kappa shape index (κ1) is 19.9. The molecular weight excluding hydrogens is 358 g/mol. The zero-order valence-electron chi connectivity index (χ0n) is 16.7. The van der Waals surface area contributed by atoms with Gasteiger partial charge in [0.25, 0.3) is 0 Å². The first-order valence-electron chi connectivity index (χ1n) is 9.48. The summed E-state index contributed by atoms with van der Waals surface area (Å²) in [7, 11) is 0. The highest BCUT2D eigenvalue weighted by Gasteiger charge is 2.39. The van der Waals surface area contributed by atoms with Gasteiger partial charge in [0.15, 0.2) is 0 Å². The number of anilines is 1. The standard InChI is InChI=1S/C21H27N3O4/c1-5-18(25)23-13-16(14-23)19(26)24-11-10-22(20(27)28-21(2,3)4)12-15-8-6-7-9-17(15)24/h5-9,16H,1,10-14H2,2-4H3. The minimum atomic E-state index is -0.578. The zero-order valence-corrected chi connectivity index (χ0v) is 16.7. The maximum Gasteiger partial charge on any atom is 0.410 e. The van der Waals surface area contributed by atoms with E-state index in [1.54, 1.807) is 14.7 Å². The Morgan fingerprint density at radius 1 is 1.11 bits per heavy atom. The second-order valence-electron chi connectivity index (χ2n) is 8.16. The third-order valence-electron chi connectivity index (χ3n) is 4.87. The van der Waals surface area contributed by atoms with Crippen molar-refractivity contribution in [2.45, 2.75) is 32.9 Å². The van der Waals surface area contributed by atoms with Crippen molar-refractivity contribution in [1.29, 1.82) is 0 Å². The van der Waals surface area contributed by atoms with Crippen molar-refractivity contribution in [1.82, 2.24) is 9.80 Å². The van der Waals surface area contributed by atoms with Crippen LogP contribution in [0.25, 0.3) is 0 Å². The summed E-state index contributed by atoms with van der Waals surface area (Å²) in [6, 6.07) is 7.61. The fourth-order valence-electron chi connectivity index (χ4n) is 3.41. The monoisotopic (exact) mass is 385 g/mol. The lowest BCUT2D eigenvalue weighted by molar-refractivity contribution is -0.138. The number of carbonyl (C=O) groups excluding carboxylic acids is 3. The molecule has 1 aromatic carbocycles. The SMILES string of the molecule is C=CC(=O)N1CC(C(=O)N2CCN(C(=O)OC(C)(C)C)Cc3ccccc32)C1. The number of likely N-dealkylation sites (tertiary alicyclic amines) is 1. The predicted molar refractivity (Wildman–Crippen MR) is 106 cm³/mol. The lowest BCUT2D eigenvalue weighted by Crippen LogP contribution is -2.56. The van der Waals surface area contributed by atoms with Crippen molar-refractivity contribution in [2.24, 2.45) is 5.92 Å². The van der Waals surface area contributed by atoms with Gasteiger partial charge in [0.05, 0.1) is 12.5 Å². The average Bonchev–Trinajstić information content (AvgIpc) is 2.78. The van der Waals surface area contributed by atoms with Crippen LogP contribution in [-0.4, -0.2) is 59.5 Å². The van der Waals surface area contributed by atoms with Gasteiger partial charge in [0.1, 0.15) is 5.60 Å². The molecule has 3 amide bonds. The Hall–Kier alpha value is -2.83. The lowest BCUT2D eigenvalue weighted by Gasteiger charge is -2.40. The predicted octanol–water partition coefficient (Wildman–Crippen LogP) is 2.41. The maximum absolute atomic E-state index is 13.1. The van der Waals surface area contributed by atoms with Gasteiger partial charge in [-0.3, -0.25) is 9.59 Å². The van der Waals surface area contributed by atoms with E-state index in [0.717, 1.165) is 11.3 Å². The Balaban J connectivity index is 1.76. The van der Waals surface area contributed by atoms with E-state index >= 15 is 0 Å². The summed E-state index contributed by atoms with van der Waals surface area (Å²) in [4.78, 5) is 42.3. The quantitative estimate of drug-likeness (QED) is 0.733. The molecule has 7 heteroatoms. The van der Waals surface area contributed by atoms with Gasteiger partial charge in [-0.15, -0.1) is 0 Å².